The van der Waals surface area contributed by atoms with E-state index in [0.717, 1.165) is 19.4 Å². The predicted octanol–water partition coefficient (Wildman–Crippen LogP) is 3.75. The molecular formula is C19H25NO. The highest BCUT2D eigenvalue weighted by molar-refractivity contribution is 5.38. The van der Waals surface area contributed by atoms with Gasteiger partial charge in [0.15, 0.2) is 0 Å². The van der Waals surface area contributed by atoms with Gasteiger partial charge in [-0.15, -0.1) is 0 Å². The molecule has 0 amide bonds. The van der Waals surface area contributed by atoms with Gasteiger partial charge in [-0.2, -0.15) is 0 Å². The molecule has 0 fully saturated rings. The number of unbranched alkanes of at least 4 members (excludes halogenated alkanes) is 1. The van der Waals surface area contributed by atoms with Crippen molar-refractivity contribution in [3.63, 3.8) is 0 Å². The van der Waals surface area contributed by atoms with Gasteiger partial charge in [-0.1, -0.05) is 54.1 Å². The Morgan fingerprint density at radius 2 is 1.76 bits per heavy atom. The molecule has 0 aromatic heterocycles. The summed E-state index contributed by atoms with van der Waals surface area (Å²) in [6.07, 6.45) is 1.84. The van der Waals surface area contributed by atoms with Crippen molar-refractivity contribution in [2.24, 2.45) is 0 Å². The van der Waals surface area contributed by atoms with Gasteiger partial charge < -0.3 is 10.4 Å². The maximum Gasteiger partial charge on any atom is 0.0579 e. The number of aryl methyl sites for hydroxylation is 2. The van der Waals surface area contributed by atoms with E-state index in [1.54, 1.807) is 0 Å². The van der Waals surface area contributed by atoms with Crippen LogP contribution in [0.3, 0.4) is 0 Å². The standard InChI is InChI=1S/C19H25NO/c1-15-10-11-18(16(2)14-15)19(20-12-6-7-13-21)17-8-4-3-5-9-17/h3-5,8-11,14,19-21H,6-7,12-13H2,1-2H3. The third kappa shape index (κ3) is 4.42. The summed E-state index contributed by atoms with van der Waals surface area (Å²) >= 11 is 0. The van der Waals surface area contributed by atoms with E-state index in [9.17, 15) is 0 Å². The molecule has 21 heavy (non-hydrogen) atoms. The summed E-state index contributed by atoms with van der Waals surface area (Å²) in [7, 11) is 0. The largest absolute Gasteiger partial charge is 0.396 e. The fourth-order valence-electron chi connectivity index (χ4n) is 2.69. The number of nitrogens with one attached hydrogen (secondary N) is 1. The number of benzene rings is 2. The third-order valence-corrected chi connectivity index (χ3v) is 3.80. The highest BCUT2D eigenvalue weighted by Gasteiger charge is 2.15. The molecule has 0 radical (unpaired) electrons. The molecule has 0 aliphatic heterocycles. The molecule has 1 atom stereocenters. The van der Waals surface area contributed by atoms with Gasteiger partial charge in [-0.05, 0) is 49.9 Å². The first-order chi connectivity index (χ1) is 10.2. The van der Waals surface area contributed by atoms with Crippen LogP contribution in [0.15, 0.2) is 48.5 Å². The summed E-state index contributed by atoms with van der Waals surface area (Å²) in [4.78, 5) is 0. The summed E-state index contributed by atoms with van der Waals surface area (Å²) < 4.78 is 0. The molecule has 2 N–H and O–H groups in total. The van der Waals surface area contributed by atoms with E-state index >= 15 is 0 Å². The maximum atomic E-state index is 8.91. The first kappa shape index (κ1) is 15.7. The van der Waals surface area contributed by atoms with E-state index in [4.69, 9.17) is 5.11 Å². The minimum Gasteiger partial charge on any atom is -0.396 e. The van der Waals surface area contributed by atoms with Crippen LogP contribution in [0, 0.1) is 13.8 Å². The molecule has 112 valence electrons. The van der Waals surface area contributed by atoms with Gasteiger partial charge in [0.2, 0.25) is 0 Å². The number of aliphatic hydroxyl groups is 1. The van der Waals surface area contributed by atoms with Crippen LogP contribution in [-0.2, 0) is 0 Å². The average Bonchev–Trinajstić information content (AvgIpc) is 2.49. The lowest BCUT2D eigenvalue weighted by atomic mass is 9.93. The summed E-state index contributed by atoms with van der Waals surface area (Å²) in [5.41, 5.74) is 5.23. The van der Waals surface area contributed by atoms with E-state index < -0.39 is 0 Å². The van der Waals surface area contributed by atoms with Gasteiger partial charge in [0.05, 0.1) is 6.04 Å². The molecule has 0 heterocycles. The molecule has 2 nitrogen and oxygen atoms in total. The SMILES string of the molecule is Cc1ccc(C(NCCCCO)c2ccccc2)c(C)c1. The van der Waals surface area contributed by atoms with Crippen LogP contribution < -0.4 is 5.32 Å². The van der Waals surface area contributed by atoms with Crippen LogP contribution in [0.5, 0.6) is 0 Å². The molecule has 2 aromatic carbocycles. The minimum atomic E-state index is 0.213. The quantitative estimate of drug-likeness (QED) is 0.758. The highest BCUT2D eigenvalue weighted by Crippen LogP contribution is 2.25. The Hall–Kier alpha value is -1.64. The molecule has 0 bridgehead atoms. The van der Waals surface area contributed by atoms with E-state index in [-0.39, 0.29) is 12.6 Å². The van der Waals surface area contributed by atoms with Crippen molar-refractivity contribution in [3.8, 4) is 0 Å². The van der Waals surface area contributed by atoms with Gasteiger partial charge in [0.1, 0.15) is 0 Å². The van der Waals surface area contributed by atoms with E-state index in [1.165, 1.54) is 22.3 Å². The lowest BCUT2D eigenvalue weighted by Gasteiger charge is -2.22. The monoisotopic (exact) mass is 283 g/mol. The lowest BCUT2D eigenvalue weighted by Crippen LogP contribution is -2.24. The van der Waals surface area contributed by atoms with E-state index in [0.29, 0.717) is 0 Å². The van der Waals surface area contributed by atoms with Crippen molar-refractivity contribution in [2.45, 2.75) is 32.7 Å². The maximum absolute atomic E-state index is 8.91. The van der Waals surface area contributed by atoms with Crippen LogP contribution >= 0.6 is 0 Å². The Morgan fingerprint density at radius 1 is 1.00 bits per heavy atom. The van der Waals surface area contributed by atoms with Gasteiger partial charge >= 0.3 is 0 Å². The van der Waals surface area contributed by atoms with Crippen molar-refractivity contribution in [2.75, 3.05) is 13.2 Å². The Balaban J connectivity index is 2.23. The second-order valence-electron chi connectivity index (χ2n) is 5.59. The average molecular weight is 283 g/mol. The molecule has 0 saturated carbocycles. The van der Waals surface area contributed by atoms with Crippen molar-refractivity contribution in [1.82, 2.24) is 5.32 Å². The smallest absolute Gasteiger partial charge is 0.0579 e. The van der Waals surface area contributed by atoms with Crippen molar-refractivity contribution in [3.05, 3.63) is 70.8 Å². The van der Waals surface area contributed by atoms with Crippen molar-refractivity contribution >= 4 is 0 Å². The Kier molecular flexibility index (Phi) is 5.97. The lowest BCUT2D eigenvalue weighted by molar-refractivity contribution is 0.283. The molecule has 0 aliphatic rings. The zero-order chi connectivity index (χ0) is 15.1. The number of hydrogen-bond donors (Lipinski definition) is 2. The normalized spacial score (nSPS) is 12.3. The first-order valence-corrected chi connectivity index (χ1v) is 7.68. The number of rotatable bonds is 7. The molecule has 0 spiro atoms. The second kappa shape index (κ2) is 7.96. The molecule has 1 unspecified atom stereocenters. The fraction of sp³-hybridized carbons (Fsp3) is 0.368. The van der Waals surface area contributed by atoms with Crippen LogP contribution in [0.4, 0.5) is 0 Å². The third-order valence-electron chi connectivity index (χ3n) is 3.80. The van der Waals surface area contributed by atoms with Crippen molar-refractivity contribution in [1.29, 1.82) is 0 Å². The summed E-state index contributed by atoms with van der Waals surface area (Å²) in [5, 5.41) is 12.5. The first-order valence-electron chi connectivity index (χ1n) is 7.68. The highest BCUT2D eigenvalue weighted by atomic mass is 16.2. The van der Waals surface area contributed by atoms with Crippen LogP contribution in [-0.4, -0.2) is 18.3 Å². The molecule has 2 rings (SSSR count). The molecular weight excluding hydrogens is 258 g/mol. The van der Waals surface area contributed by atoms with Gasteiger partial charge in [0, 0.05) is 6.61 Å². The Labute approximate surface area is 127 Å². The molecule has 2 aromatic rings. The summed E-state index contributed by atoms with van der Waals surface area (Å²) in [6, 6.07) is 17.4. The topological polar surface area (TPSA) is 32.3 Å². The Morgan fingerprint density at radius 3 is 2.43 bits per heavy atom. The van der Waals surface area contributed by atoms with E-state index in [2.05, 4.69) is 61.6 Å². The summed E-state index contributed by atoms with van der Waals surface area (Å²) in [5.74, 6) is 0. The predicted molar refractivity (Wildman–Crippen MR) is 88.5 cm³/mol. The number of aliphatic hydroxyl groups excluding tert-OH is 1. The zero-order valence-corrected chi connectivity index (χ0v) is 13.0. The molecule has 0 saturated heterocycles. The van der Waals surface area contributed by atoms with Crippen LogP contribution in [0.25, 0.3) is 0 Å². The number of hydrogen-bond acceptors (Lipinski definition) is 2. The van der Waals surface area contributed by atoms with Gasteiger partial charge in [0.25, 0.3) is 0 Å². The second-order valence-corrected chi connectivity index (χ2v) is 5.59. The van der Waals surface area contributed by atoms with Crippen LogP contribution in [0.1, 0.15) is 41.1 Å². The molecule has 2 heteroatoms. The minimum absolute atomic E-state index is 0.213. The molecule has 0 aliphatic carbocycles. The van der Waals surface area contributed by atoms with E-state index in [1.807, 2.05) is 6.07 Å². The zero-order valence-electron chi connectivity index (χ0n) is 13.0. The fourth-order valence-corrected chi connectivity index (χ4v) is 2.69. The van der Waals surface area contributed by atoms with Crippen LogP contribution in [0.2, 0.25) is 0 Å². The van der Waals surface area contributed by atoms with Gasteiger partial charge in [-0.25, -0.2) is 0 Å². The van der Waals surface area contributed by atoms with Crippen molar-refractivity contribution < 1.29 is 5.11 Å². The Bertz CT molecular complexity index is 551. The summed E-state index contributed by atoms with van der Waals surface area (Å²) in [6.45, 7) is 5.48. The van der Waals surface area contributed by atoms with Gasteiger partial charge in [-0.3, -0.25) is 0 Å².